The summed E-state index contributed by atoms with van der Waals surface area (Å²) in [5.74, 6) is 0. The van der Waals surface area contributed by atoms with E-state index in [1.807, 2.05) is 13.8 Å². The van der Waals surface area contributed by atoms with Crippen LogP contribution in [-0.2, 0) is 0 Å². The molecule has 0 aliphatic heterocycles. The van der Waals surface area contributed by atoms with Gasteiger partial charge in [0.2, 0.25) is 0 Å². The summed E-state index contributed by atoms with van der Waals surface area (Å²) in [6, 6.07) is 21.4. The van der Waals surface area contributed by atoms with E-state index in [1.165, 1.54) is 21.5 Å². The van der Waals surface area contributed by atoms with Crippen LogP contribution >= 0.6 is 0 Å². The summed E-state index contributed by atoms with van der Waals surface area (Å²) in [6.07, 6.45) is 0. The summed E-state index contributed by atoms with van der Waals surface area (Å²) in [4.78, 5) is 0. The second-order valence-electron chi connectivity index (χ2n) is 3.51. The number of rotatable bonds is 0. The molecule has 0 N–H and O–H groups in total. The van der Waals surface area contributed by atoms with Crippen LogP contribution in [0.3, 0.4) is 0 Å². The lowest BCUT2D eigenvalue weighted by molar-refractivity contribution is 1.50. The van der Waals surface area contributed by atoms with Crippen molar-refractivity contribution in [2.24, 2.45) is 0 Å². The zero-order valence-corrected chi connectivity index (χ0v) is 9.77. The molecule has 3 aromatic carbocycles. The molecule has 0 heterocycles. The molecule has 0 amide bonds. The fourth-order valence-electron chi connectivity index (χ4n) is 1.95. The molecule has 0 heteroatoms. The van der Waals surface area contributed by atoms with Crippen LogP contribution in [-0.4, -0.2) is 0 Å². The van der Waals surface area contributed by atoms with Gasteiger partial charge in [-0.1, -0.05) is 104 Å². The Balaban J connectivity index is -0.000000463. The highest BCUT2D eigenvalue weighted by Crippen LogP contribution is 2.24. The standard InChI is InChI=1S/C14H10.C2H6.4CH4/c1-3-7-13-11(5-1)9-10-12-6-2-4-8-14(12)13;1-2;;;;/h1-10H;1-2H3;4*1H4. The summed E-state index contributed by atoms with van der Waals surface area (Å²) in [6.45, 7) is 4.00. The molecule has 3 aromatic rings. The zero-order chi connectivity index (χ0) is 11.4. The molecule has 0 radical (unpaired) electrons. The van der Waals surface area contributed by atoms with Crippen molar-refractivity contribution < 1.29 is 0 Å². The van der Waals surface area contributed by atoms with Gasteiger partial charge >= 0.3 is 0 Å². The number of hydrogen-bond donors (Lipinski definition) is 0. The fraction of sp³-hybridized carbons (Fsp3) is 0.300. The third kappa shape index (κ3) is 4.38. The van der Waals surface area contributed by atoms with Gasteiger partial charge in [-0.25, -0.2) is 0 Å². The largest absolute Gasteiger partial charge is 0.0776 e. The van der Waals surface area contributed by atoms with Gasteiger partial charge in [0.05, 0.1) is 0 Å². The third-order valence-corrected chi connectivity index (χ3v) is 2.65. The quantitative estimate of drug-likeness (QED) is 0.370. The van der Waals surface area contributed by atoms with Crippen LogP contribution in [0.15, 0.2) is 60.7 Å². The van der Waals surface area contributed by atoms with E-state index in [4.69, 9.17) is 0 Å². The average molecular weight is 272 g/mol. The lowest BCUT2D eigenvalue weighted by Gasteiger charge is -2.02. The summed E-state index contributed by atoms with van der Waals surface area (Å²) in [7, 11) is 0. The highest BCUT2D eigenvalue weighted by atomic mass is 14.0. The van der Waals surface area contributed by atoms with Crippen molar-refractivity contribution in [2.45, 2.75) is 43.6 Å². The number of hydrogen-bond acceptors (Lipinski definition) is 0. The van der Waals surface area contributed by atoms with Crippen LogP contribution in [0, 0.1) is 0 Å². The number of fused-ring (bicyclic) bond motifs is 3. The van der Waals surface area contributed by atoms with Gasteiger partial charge in [0, 0.05) is 0 Å². The Morgan fingerprint density at radius 3 is 1.10 bits per heavy atom. The average Bonchev–Trinajstić information content (AvgIpc) is 2.41. The van der Waals surface area contributed by atoms with Gasteiger partial charge in [-0.15, -0.1) is 0 Å². The molecule has 0 saturated carbocycles. The maximum Gasteiger partial charge on any atom is -0.0105 e. The molecule has 0 fully saturated rings. The fourth-order valence-corrected chi connectivity index (χ4v) is 1.95. The van der Waals surface area contributed by atoms with Crippen molar-refractivity contribution >= 4 is 21.5 Å². The maximum atomic E-state index is 2.18. The van der Waals surface area contributed by atoms with Crippen LogP contribution in [0.5, 0.6) is 0 Å². The molecule has 0 aromatic heterocycles. The molecule has 0 unspecified atom stereocenters. The van der Waals surface area contributed by atoms with Crippen molar-refractivity contribution in [1.29, 1.82) is 0 Å². The Kier molecular flexibility index (Phi) is 12.9. The van der Waals surface area contributed by atoms with Crippen LogP contribution in [0.2, 0.25) is 0 Å². The van der Waals surface area contributed by atoms with E-state index in [9.17, 15) is 0 Å². The smallest absolute Gasteiger partial charge is 0.0105 e. The first-order chi connectivity index (χ1) is 7.95. The molecular weight excluding hydrogens is 240 g/mol. The van der Waals surface area contributed by atoms with Gasteiger partial charge in [0.1, 0.15) is 0 Å². The first-order valence-electron chi connectivity index (χ1n) is 5.82. The van der Waals surface area contributed by atoms with Crippen molar-refractivity contribution in [3.63, 3.8) is 0 Å². The van der Waals surface area contributed by atoms with Crippen molar-refractivity contribution in [2.75, 3.05) is 0 Å². The molecule has 0 nitrogen and oxygen atoms in total. The predicted octanol–water partition coefficient (Wildman–Crippen LogP) is 7.56. The molecule has 0 spiro atoms. The third-order valence-electron chi connectivity index (χ3n) is 2.65. The minimum Gasteiger partial charge on any atom is -0.0776 e. The monoisotopic (exact) mass is 272 g/mol. The van der Waals surface area contributed by atoms with Crippen LogP contribution in [0.25, 0.3) is 21.5 Å². The molecule has 0 saturated heterocycles. The summed E-state index contributed by atoms with van der Waals surface area (Å²) < 4.78 is 0. The first kappa shape index (κ1) is 23.3. The summed E-state index contributed by atoms with van der Waals surface area (Å²) >= 11 is 0. The van der Waals surface area contributed by atoms with E-state index in [1.54, 1.807) is 0 Å². The maximum absolute atomic E-state index is 2.18. The van der Waals surface area contributed by atoms with E-state index in [0.717, 1.165) is 0 Å². The summed E-state index contributed by atoms with van der Waals surface area (Å²) in [5.41, 5.74) is 0. The predicted molar refractivity (Wildman–Crippen MR) is 99.7 cm³/mol. The van der Waals surface area contributed by atoms with Crippen LogP contribution in [0.4, 0.5) is 0 Å². The van der Waals surface area contributed by atoms with Gasteiger partial charge in [-0.3, -0.25) is 0 Å². The van der Waals surface area contributed by atoms with E-state index < -0.39 is 0 Å². The van der Waals surface area contributed by atoms with Gasteiger partial charge in [0.25, 0.3) is 0 Å². The zero-order valence-electron chi connectivity index (χ0n) is 9.77. The molecule has 112 valence electrons. The van der Waals surface area contributed by atoms with E-state index in [0.29, 0.717) is 0 Å². The normalized spacial score (nSPS) is 7.90. The van der Waals surface area contributed by atoms with E-state index in [2.05, 4.69) is 60.7 Å². The van der Waals surface area contributed by atoms with Crippen molar-refractivity contribution in [3.05, 3.63) is 60.7 Å². The van der Waals surface area contributed by atoms with Gasteiger partial charge in [-0.05, 0) is 21.5 Å². The van der Waals surface area contributed by atoms with Gasteiger partial charge < -0.3 is 0 Å². The SMILES string of the molecule is C.C.C.C.CC.c1ccc2c(c1)ccc1ccccc12. The minimum atomic E-state index is 0. The van der Waals surface area contributed by atoms with Gasteiger partial charge in [-0.2, -0.15) is 0 Å². The first-order valence-corrected chi connectivity index (χ1v) is 5.82. The lowest BCUT2D eigenvalue weighted by atomic mass is 10.0. The lowest BCUT2D eigenvalue weighted by Crippen LogP contribution is -1.75. The Hall–Kier alpha value is -1.82. The highest BCUT2D eigenvalue weighted by molar-refractivity contribution is 6.07. The Morgan fingerprint density at radius 2 is 0.750 bits per heavy atom. The Bertz CT molecular complexity index is 539. The van der Waals surface area contributed by atoms with Gasteiger partial charge in [0.15, 0.2) is 0 Å². The molecule has 0 aliphatic rings. The topological polar surface area (TPSA) is 0 Å². The molecule has 20 heavy (non-hydrogen) atoms. The summed E-state index contributed by atoms with van der Waals surface area (Å²) in [5, 5.41) is 5.30. The minimum absolute atomic E-state index is 0. The Morgan fingerprint density at radius 1 is 0.450 bits per heavy atom. The van der Waals surface area contributed by atoms with Crippen molar-refractivity contribution in [1.82, 2.24) is 0 Å². The molecular formula is C20H32. The van der Waals surface area contributed by atoms with Crippen molar-refractivity contribution in [3.8, 4) is 0 Å². The molecule has 3 rings (SSSR count). The second kappa shape index (κ2) is 11.0. The highest BCUT2D eigenvalue weighted by Gasteiger charge is 1.97. The Labute approximate surface area is 126 Å². The molecule has 0 bridgehead atoms. The van der Waals surface area contributed by atoms with E-state index in [-0.39, 0.29) is 29.7 Å². The molecule has 0 atom stereocenters. The second-order valence-corrected chi connectivity index (χ2v) is 3.51. The number of benzene rings is 3. The van der Waals surface area contributed by atoms with Crippen LogP contribution in [0.1, 0.15) is 43.6 Å². The van der Waals surface area contributed by atoms with E-state index >= 15 is 0 Å². The molecule has 0 aliphatic carbocycles. The van der Waals surface area contributed by atoms with Crippen LogP contribution < -0.4 is 0 Å².